The molecule has 1 atom stereocenters. The maximum atomic E-state index is 5.63. The quantitative estimate of drug-likeness (QED) is 0.807. The highest BCUT2D eigenvalue weighted by Crippen LogP contribution is 2.26. The van der Waals surface area contributed by atoms with Crippen molar-refractivity contribution in [1.29, 1.82) is 0 Å². The minimum absolute atomic E-state index is 0.181. The summed E-state index contributed by atoms with van der Waals surface area (Å²) in [5.41, 5.74) is 1.60. The summed E-state index contributed by atoms with van der Waals surface area (Å²) >= 11 is 3.40. The minimum atomic E-state index is -0.181. The van der Waals surface area contributed by atoms with Crippen molar-refractivity contribution in [2.24, 2.45) is 0 Å². The van der Waals surface area contributed by atoms with Gasteiger partial charge in [-0.05, 0) is 18.2 Å². The van der Waals surface area contributed by atoms with Gasteiger partial charge < -0.3 is 13.9 Å². The number of rotatable bonds is 1. The highest BCUT2D eigenvalue weighted by molar-refractivity contribution is 9.10. The lowest BCUT2D eigenvalue weighted by Crippen LogP contribution is -2.22. The average Bonchev–Trinajstić information content (AvgIpc) is 2.73. The lowest BCUT2D eigenvalue weighted by Gasteiger charge is -2.19. The van der Waals surface area contributed by atoms with Crippen LogP contribution in [0.25, 0.3) is 11.1 Å². The summed E-state index contributed by atoms with van der Waals surface area (Å²) in [6.07, 6.45) is -0.181. The highest BCUT2D eigenvalue weighted by atomic mass is 79.9. The zero-order valence-electron chi connectivity index (χ0n) is 8.48. The SMILES string of the molecule is Brc1ccc2oc(C3COCCO3)nc2c1. The van der Waals surface area contributed by atoms with Crippen LogP contribution in [0.1, 0.15) is 12.0 Å². The first-order valence-electron chi connectivity index (χ1n) is 5.08. The number of benzene rings is 1. The molecule has 0 spiro atoms. The van der Waals surface area contributed by atoms with Crippen molar-refractivity contribution in [2.45, 2.75) is 6.10 Å². The molecule has 1 aromatic heterocycles. The molecule has 2 heterocycles. The molecule has 1 aliphatic rings. The third-order valence-electron chi connectivity index (χ3n) is 2.46. The standard InChI is InChI=1S/C11H10BrNO3/c12-7-1-2-9-8(5-7)13-11(16-9)10-6-14-3-4-15-10/h1-2,5,10H,3-4,6H2. The van der Waals surface area contributed by atoms with Crippen molar-refractivity contribution in [1.82, 2.24) is 4.98 Å². The first-order chi connectivity index (χ1) is 7.83. The van der Waals surface area contributed by atoms with E-state index in [1.807, 2.05) is 18.2 Å². The summed E-state index contributed by atoms with van der Waals surface area (Å²) in [7, 11) is 0. The van der Waals surface area contributed by atoms with E-state index in [9.17, 15) is 0 Å². The molecule has 2 aromatic rings. The molecule has 16 heavy (non-hydrogen) atoms. The molecule has 0 amide bonds. The van der Waals surface area contributed by atoms with Crippen LogP contribution in [0.2, 0.25) is 0 Å². The van der Waals surface area contributed by atoms with Crippen molar-refractivity contribution in [2.75, 3.05) is 19.8 Å². The number of hydrogen-bond donors (Lipinski definition) is 0. The fourth-order valence-electron chi connectivity index (χ4n) is 1.69. The predicted octanol–water partition coefficient (Wildman–Crippen LogP) is 2.68. The molecule has 1 unspecified atom stereocenters. The van der Waals surface area contributed by atoms with Crippen LogP contribution >= 0.6 is 15.9 Å². The zero-order chi connectivity index (χ0) is 11.0. The Morgan fingerprint density at radius 1 is 1.31 bits per heavy atom. The van der Waals surface area contributed by atoms with Crippen LogP contribution in [0.15, 0.2) is 27.1 Å². The van der Waals surface area contributed by atoms with Gasteiger partial charge in [-0.3, -0.25) is 0 Å². The largest absolute Gasteiger partial charge is 0.438 e. The summed E-state index contributed by atoms with van der Waals surface area (Å²) in [6.45, 7) is 1.74. The first-order valence-corrected chi connectivity index (χ1v) is 5.87. The minimum Gasteiger partial charge on any atom is -0.438 e. The van der Waals surface area contributed by atoms with Gasteiger partial charge >= 0.3 is 0 Å². The van der Waals surface area contributed by atoms with Crippen LogP contribution in [-0.4, -0.2) is 24.8 Å². The molecular formula is C11H10BrNO3. The number of fused-ring (bicyclic) bond motifs is 1. The van der Waals surface area contributed by atoms with Gasteiger partial charge in [-0.15, -0.1) is 0 Å². The van der Waals surface area contributed by atoms with Crippen molar-refractivity contribution in [3.8, 4) is 0 Å². The maximum Gasteiger partial charge on any atom is 0.227 e. The summed E-state index contributed by atoms with van der Waals surface area (Å²) in [5, 5.41) is 0. The Labute approximate surface area is 101 Å². The van der Waals surface area contributed by atoms with Crippen LogP contribution in [0.5, 0.6) is 0 Å². The monoisotopic (exact) mass is 283 g/mol. The number of oxazole rings is 1. The lowest BCUT2D eigenvalue weighted by atomic mass is 10.3. The molecule has 3 rings (SSSR count). The van der Waals surface area contributed by atoms with Gasteiger partial charge in [0.25, 0.3) is 0 Å². The molecule has 0 aliphatic carbocycles. The van der Waals surface area contributed by atoms with E-state index in [0.717, 1.165) is 15.6 Å². The zero-order valence-corrected chi connectivity index (χ0v) is 10.1. The lowest BCUT2D eigenvalue weighted by molar-refractivity contribution is -0.0991. The van der Waals surface area contributed by atoms with Crippen molar-refractivity contribution in [3.05, 3.63) is 28.6 Å². The summed E-state index contributed by atoms with van der Waals surface area (Å²) in [5.74, 6) is 0.591. The number of ether oxygens (including phenoxy) is 2. The second-order valence-corrected chi connectivity index (χ2v) is 4.51. The number of halogens is 1. The third kappa shape index (κ3) is 1.86. The Hall–Kier alpha value is -0.910. The average molecular weight is 284 g/mol. The predicted molar refractivity (Wildman–Crippen MR) is 61.2 cm³/mol. The Balaban J connectivity index is 1.97. The second-order valence-electron chi connectivity index (χ2n) is 3.60. The fraction of sp³-hybridized carbons (Fsp3) is 0.364. The molecule has 0 N–H and O–H groups in total. The molecule has 1 aliphatic heterocycles. The van der Waals surface area contributed by atoms with E-state index in [-0.39, 0.29) is 6.10 Å². The Bertz CT molecular complexity index is 505. The van der Waals surface area contributed by atoms with Gasteiger partial charge in [0, 0.05) is 4.47 Å². The number of aromatic nitrogens is 1. The van der Waals surface area contributed by atoms with E-state index in [2.05, 4.69) is 20.9 Å². The summed E-state index contributed by atoms with van der Waals surface area (Å²) in [4.78, 5) is 4.40. The molecule has 5 heteroatoms. The Morgan fingerprint density at radius 2 is 2.25 bits per heavy atom. The van der Waals surface area contributed by atoms with Crippen molar-refractivity contribution >= 4 is 27.0 Å². The van der Waals surface area contributed by atoms with Gasteiger partial charge in [0.1, 0.15) is 5.52 Å². The molecule has 84 valence electrons. The second kappa shape index (κ2) is 4.16. The smallest absolute Gasteiger partial charge is 0.227 e. The van der Waals surface area contributed by atoms with E-state index in [1.165, 1.54) is 0 Å². The topological polar surface area (TPSA) is 44.5 Å². The van der Waals surface area contributed by atoms with Crippen LogP contribution < -0.4 is 0 Å². The van der Waals surface area contributed by atoms with E-state index >= 15 is 0 Å². The van der Waals surface area contributed by atoms with Crippen molar-refractivity contribution in [3.63, 3.8) is 0 Å². The van der Waals surface area contributed by atoms with E-state index in [4.69, 9.17) is 13.9 Å². The Morgan fingerprint density at radius 3 is 3.06 bits per heavy atom. The molecule has 0 bridgehead atoms. The van der Waals surface area contributed by atoms with Gasteiger partial charge in [0.2, 0.25) is 5.89 Å². The van der Waals surface area contributed by atoms with E-state index in [0.29, 0.717) is 25.7 Å². The first kappa shape index (κ1) is 10.3. The van der Waals surface area contributed by atoms with Gasteiger partial charge in [-0.25, -0.2) is 4.98 Å². The van der Waals surface area contributed by atoms with E-state index in [1.54, 1.807) is 0 Å². The van der Waals surface area contributed by atoms with Crippen LogP contribution in [0, 0.1) is 0 Å². The number of nitrogens with zero attached hydrogens (tertiary/aromatic N) is 1. The Kier molecular flexibility index (Phi) is 2.67. The van der Waals surface area contributed by atoms with E-state index < -0.39 is 0 Å². The molecular weight excluding hydrogens is 274 g/mol. The number of hydrogen-bond acceptors (Lipinski definition) is 4. The highest BCUT2D eigenvalue weighted by Gasteiger charge is 2.22. The van der Waals surface area contributed by atoms with Crippen LogP contribution in [-0.2, 0) is 9.47 Å². The van der Waals surface area contributed by atoms with Gasteiger partial charge in [0.05, 0.1) is 19.8 Å². The molecule has 4 nitrogen and oxygen atoms in total. The van der Waals surface area contributed by atoms with Gasteiger partial charge in [-0.2, -0.15) is 0 Å². The molecule has 0 saturated carbocycles. The molecule has 1 aromatic carbocycles. The fourth-order valence-corrected chi connectivity index (χ4v) is 2.04. The molecule has 0 radical (unpaired) electrons. The third-order valence-corrected chi connectivity index (χ3v) is 2.95. The summed E-state index contributed by atoms with van der Waals surface area (Å²) in [6, 6.07) is 5.74. The van der Waals surface area contributed by atoms with Gasteiger partial charge in [0.15, 0.2) is 11.7 Å². The summed E-state index contributed by atoms with van der Waals surface area (Å²) < 4.78 is 17.5. The van der Waals surface area contributed by atoms with Gasteiger partial charge in [-0.1, -0.05) is 15.9 Å². The molecule has 1 fully saturated rings. The normalized spacial score (nSPS) is 21.4. The van der Waals surface area contributed by atoms with Crippen LogP contribution in [0.3, 0.4) is 0 Å². The van der Waals surface area contributed by atoms with Crippen LogP contribution in [0.4, 0.5) is 0 Å². The molecule has 1 saturated heterocycles. The maximum absolute atomic E-state index is 5.63. The van der Waals surface area contributed by atoms with Crippen molar-refractivity contribution < 1.29 is 13.9 Å².